The molecule has 0 saturated heterocycles. The Balaban J connectivity index is 2.03. The van der Waals surface area contributed by atoms with E-state index in [1.165, 1.54) is 27.4 Å². The van der Waals surface area contributed by atoms with Crippen LogP contribution in [0.25, 0.3) is 5.69 Å². The average Bonchev–Trinajstić information content (AvgIpc) is 3.11. The van der Waals surface area contributed by atoms with E-state index in [-0.39, 0.29) is 5.69 Å². The molecule has 0 N–H and O–H groups in total. The molecule has 1 aromatic carbocycles. The van der Waals surface area contributed by atoms with Crippen molar-refractivity contribution >= 4 is 29.2 Å². The van der Waals surface area contributed by atoms with Crippen molar-refractivity contribution in [1.29, 1.82) is 0 Å². The fourth-order valence-corrected chi connectivity index (χ4v) is 4.86. The smallest absolute Gasteiger partial charge is 0.314 e. The van der Waals surface area contributed by atoms with Crippen LogP contribution >= 0.6 is 23.5 Å². The second kappa shape index (κ2) is 5.70. The van der Waals surface area contributed by atoms with Gasteiger partial charge in [0.05, 0.1) is 16.4 Å². The van der Waals surface area contributed by atoms with Gasteiger partial charge in [0.2, 0.25) is 0 Å². The third kappa shape index (κ3) is 2.09. The highest BCUT2D eigenvalue weighted by Gasteiger charge is 2.31. The molecule has 4 rings (SSSR count). The summed E-state index contributed by atoms with van der Waals surface area (Å²) in [5.74, 6) is -0.160. The lowest BCUT2D eigenvalue weighted by Gasteiger charge is -2.17. The fraction of sp³-hybridized carbons (Fsp3) is 0.467. The van der Waals surface area contributed by atoms with Crippen molar-refractivity contribution in [2.45, 2.75) is 38.6 Å². The summed E-state index contributed by atoms with van der Waals surface area (Å²) in [6.45, 7) is 3.63. The second-order valence-corrected chi connectivity index (χ2v) is 7.23. The van der Waals surface area contributed by atoms with Crippen molar-refractivity contribution in [2.75, 3.05) is 10.8 Å². The molecule has 2 aliphatic rings. The minimum Gasteiger partial charge on any atom is -0.314 e. The molecule has 9 heteroatoms. The molecule has 0 unspecified atom stereocenters. The van der Waals surface area contributed by atoms with E-state index >= 15 is 0 Å². The quantitative estimate of drug-likeness (QED) is 0.762. The molecule has 24 heavy (non-hydrogen) atoms. The molecule has 0 saturated carbocycles. The van der Waals surface area contributed by atoms with Crippen LogP contribution in [-0.2, 0) is 18.8 Å². The summed E-state index contributed by atoms with van der Waals surface area (Å²) in [5, 5.41) is 0.301. The summed E-state index contributed by atoms with van der Waals surface area (Å²) in [7, 11) is 0. The van der Waals surface area contributed by atoms with Gasteiger partial charge >= 0.3 is 11.4 Å². The highest BCUT2D eigenvalue weighted by Crippen LogP contribution is 2.45. The van der Waals surface area contributed by atoms with Crippen molar-refractivity contribution in [3.63, 3.8) is 0 Å². The van der Waals surface area contributed by atoms with E-state index in [1.807, 2.05) is 11.2 Å². The molecule has 0 amide bonds. The number of aromatic nitrogens is 3. The minimum absolute atomic E-state index is 0.0438. The van der Waals surface area contributed by atoms with Crippen LogP contribution in [-0.4, -0.2) is 20.5 Å². The lowest BCUT2D eigenvalue weighted by Crippen LogP contribution is -2.30. The van der Waals surface area contributed by atoms with Gasteiger partial charge in [-0.1, -0.05) is 11.6 Å². The van der Waals surface area contributed by atoms with E-state index in [4.69, 9.17) is 11.6 Å². The summed E-state index contributed by atoms with van der Waals surface area (Å²) >= 11 is 7.72. The zero-order valence-corrected chi connectivity index (χ0v) is 14.7. The van der Waals surface area contributed by atoms with Crippen molar-refractivity contribution in [3.8, 4) is 5.69 Å². The monoisotopic (exact) mass is 370 g/mol. The van der Waals surface area contributed by atoms with Crippen molar-refractivity contribution < 1.29 is 4.39 Å². The van der Waals surface area contributed by atoms with Crippen LogP contribution < -0.4 is 15.7 Å². The van der Waals surface area contributed by atoms with E-state index in [1.54, 1.807) is 0 Å². The first-order valence-corrected chi connectivity index (χ1v) is 9.21. The van der Waals surface area contributed by atoms with Crippen molar-refractivity contribution in [3.05, 3.63) is 43.4 Å². The first-order valence-electron chi connectivity index (χ1n) is 7.89. The molecule has 0 aliphatic carbocycles. The van der Waals surface area contributed by atoms with Gasteiger partial charge in [-0.15, -0.1) is 0 Å². The lowest BCUT2D eigenvalue weighted by molar-refractivity contribution is 0.348. The fourth-order valence-electron chi connectivity index (χ4n) is 3.42. The van der Waals surface area contributed by atoms with Gasteiger partial charge in [-0.3, -0.25) is 0 Å². The van der Waals surface area contributed by atoms with Crippen LogP contribution in [0, 0.1) is 5.82 Å². The van der Waals surface area contributed by atoms with Crippen LogP contribution in [0.5, 0.6) is 0 Å². The Labute approximate surface area is 146 Å². The molecule has 3 heterocycles. The number of anilines is 1. The lowest BCUT2D eigenvalue weighted by atomic mass is 10.1. The van der Waals surface area contributed by atoms with Crippen LogP contribution in [0.1, 0.15) is 25.3 Å². The maximum Gasteiger partial charge on any atom is 0.351 e. The van der Waals surface area contributed by atoms with E-state index in [2.05, 4.69) is 0 Å². The highest BCUT2D eigenvalue weighted by molar-refractivity contribution is 8.00. The predicted octanol–water partition coefficient (Wildman–Crippen LogP) is 2.38. The predicted molar refractivity (Wildman–Crippen MR) is 92.8 cm³/mol. The zero-order valence-electron chi connectivity index (χ0n) is 13.1. The summed E-state index contributed by atoms with van der Waals surface area (Å²) in [5.41, 5.74) is 0.379. The third-order valence-corrected chi connectivity index (χ3v) is 5.97. The van der Waals surface area contributed by atoms with Crippen molar-refractivity contribution in [2.24, 2.45) is 0 Å². The van der Waals surface area contributed by atoms with E-state index < -0.39 is 17.2 Å². The van der Waals surface area contributed by atoms with Crippen molar-refractivity contribution in [1.82, 2.24) is 13.9 Å². The number of benzene rings is 1. The van der Waals surface area contributed by atoms with E-state index in [9.17, 15) is 14.0 Å². The van der Waals surface area contributed by atoms with Crippen LogP contribution in [0.15, 0.2) is 15.7 Å². The number of fused-ring (bicyclic) bond motifs is 2. The van der Waals surface area contributed by atoms with Gasteiger partial charge in [0.25, 0.3) is 0 Å². The average molecular weight is 371 g/mol. The van der Waals surface area contributed by atoms with Gasteiger partial charge in [0, 0.05) is 31.0 Å². The first-order chi connectivity index (χ1) is 11.5. The Morgan fingerprint density at radius 2 is 1.79 bits per heavy atom. The van der Waals surface area contributed by atoms with Gasteiger partial charge in [-0.25, -0.2) is 27.9 Å². The molecule has 2 aliphatic heterocycles. The van der Waals surface area contributed by atoms with Gasteiger partial charge in [0.1, 0.15) is 5.82 Å². The van der Waals surface area contributed by atoms with Gasteiger partial charge in [-0.05, 0) is 37.8 Å². The molecule has 0 fully saturated rings. The van der Waals surface area contributed by atoms with Gasteiger partial charge in [0.15, 0.2) is 0 Å². The Bertz CT molecular complexity index is 911. The summed E-state index contributed by atoms with van der Waals surface area (Å²) in [6, 6.07) is 1.19. The van der Waals surface area contributed by atoms with E-state index in [0.29, 0.717) is 41.7 Å². The molecule has 1 aromatic heterocycles. The molecule has 2 aromatic rings. The number of halogens is 2. The number of hydrogen-bond acceptors (Lipinski definition) is 4. The van der Waals surface area contributed by atoms with Gasteiger partial charge < -0.3 is 4.31 Å². The summed E-state index contributed by atoms with van der Waals surface area (Å²) in [6.07, 6.45) is 1.67. The first kappa shape index (κ1) is 15.8. The standard InChI is InChI=1S/C15H16ClFN4O2S/c1-2-20-12-9(8-24-20)13(11(17)7-10(12)16)21-14(22)18-5-3-4-6-19(18)15(21)23/h7H,2-6,8H2,1H3. The summed E-state index contributed by atoms with van der Waals surface area (Å²) in [4.78, 5) is 25.4. The third-order valence-electron chi connectivity index (χ3n) is 4.51. The van der Waals surface area contributed by atoms with Crippen LogP contribution in [0.4, 0.5) is 10.1 Å². The van der Waals surface area contributed by atoms with E-state index in [0.717, 1.165) is 17.4 Å². The number of nitrogens with zero attached hydrogens (tertiary/aromatic N) is 4. The normalized spacial score (nSPS) is 16.4. The molecular formula is C15H16ClFN4O2S. The van der Waals surface area contributed by atoms with Crippen LogP contribution in [0.3, 0.4) is 0 Å². The molecule has 0 spiro atoms. The molecule has 0 atom stereocenters. The second-order valence-electron chi connectivity index (χ2n) is 5.84. The Hall–Kier alpha value is -1.67. The highest BCUT2D eigenvalue weighted by atomic mass is 35.5. The summed E-state index contributed by atoms with van der Waals surface area (Å²) < 4.78 is 20.5. The number of hydrogen-bond donors (Lipinski definition) is 0. The topological polar surface area (TPSA) is 52.2 Å². The van der Waals surface area contributed by atoms with Crippen LogP contribution in [0.2, 0.25) is 5.02 Å². The molecule has 6 nitrogen and oxygen atoms in total. The number of rotatable bonds is 2. The molecule has 0 radical (unpaired) electrons. The molecule has 0 bridgehead atoms. The Morgan fingerprint density at radius 3 is 2.38 bits per heavy atom. The molecular weight excluding hydrogens is 355 g/mol. The Kier molecular flexibility index (Phi) is 3.76. The SMILES string of the molecule is CCN1SCc2c1c(Cl)cc(F)c2-n1c(=O)n2n(c1=O)CCCC2. The molecule has 128 valence electrons. The zero-order chi connectivity index (χ0) is 17.0. The maximum atomic E-state index is 14.7. The largest absolute Gasteiger partial charge is 0.351 e. The minimum atomic E-state index is -0.639. The van der Waals surface area contributed by atoms with Gasteiger partial charge in [-0.2, -0.15) is 0 Å². The Morgan fingerprint density at radius 1 is 1.17 bits per heavy atom. The maximum absolute atomic E-state index is 14.7.